The third-order valence-electron chi connectivity index (χ3n) is 5.73. The summed E-state index contributed by atoms with van der Waals surface area (Å²) in [6.45, 7) is 5.97. The van der Waals surface area contributed by atoms with Crippen LogP contribution in [0.5, 0.6) is 5.75 Å². The summed E-state index contributed by atoms with van der Waals surface area (Å²) in [6, 6.07) is 16.8. The van der Waals surface area contributed by atoms with Gasteiger partial charge in [0.15, 0.2) is 17.4 Å². The maximum atomic E-state index is 13.6. The van der Waals surface area contributed by atoms with E-state index in [0.717, 1.165) is 5.56 Å². The van der Waals surface area contributed by atoms with Gasteiger partial charge in [-0.2, -0.15) is 5.10 Å². The molecule has 1 amide bonds. The van der Waals surface area contributed by atoms with E-state index in [1.54, 1.807) is 43.3 Å². The number of ether oxygens (including phenoxy) is 1. The summed E-state index contributed by atoms with van der Waals surface area (Å²) in [5, 5.41) is 19.1. The molecule has 7 heteroatoms. The third-order valence-corrected chi connectivity index (χ3v) is 5.73. The van der Waals surface area contributed by atoms with Crippen LogP contribution in [-0.2, 0) is 4.79 Å². The number of nitrogens with zero attached hydrogens (tertiary/aromatic N) is 3. The number of carbonyl (C=O) groups excluding carboxylic acids is 2. The van der Waals surface area contributed by atoms with E-state index in [0.29, 0.717) is 28.5 Å². The molecule has 1 aliphatic rings. The lowest BCUT2D eigenvalue weighted by Gasteiger charge is -2.26. The number of Topliss-reactive ketones (excluding diaryl/α,β-unsaturated/α-hetero) is 1. The minimum atomic E-state index is -0.852. The number of benzene rings is 2. The van der Waals surface area contributed by atoms with Gasteiger partial charge in [0.25, 0.3) is 5.91 Å². The average molecular weight is 444 g/mol. The summed E-state index contributed by atoms with van der Waals surface area (Å²) in [5.74, 6) is -0.668. The Labute approximate surface area is 192 Å². The number of aryl methyl sites for hydroxylation is 1. The van der Waals surface area contributed by atoms with Gasteiger partial charge in [-0.1, -0.05) is 50.2 Å². The molecule has 1 unspecified atom stereocenters. The fourth-order valence-corrected chi connectivity index (χ4v) is 3.89. The van der Waals surface area contributed by atoms with E-state index in [4.69, 9.17) is 4.74 Å². The van der Waals surface area contributed by atoms with Crippen LogP contribution < -0.4 is 9.64 Å². The Bertz CT molecular complexity index is 1230. The number of amides is 1. The number of hydrogen-bond donors (Lipinski definition) is 1. The van der Waals surface area contributed by atoms with Crippen molar-refractivity contribution in [2.24, 2.45) is 0 Å². The van der Waals surface area contributed by atoms with E-state index in [9.17, 15) is 14.7 Å². The first-order valence-electron chi connectivity index (χ1n) is 10.7. The normalized spacial score (nSPS) is 16.0. The zero-order valence-electron chi connectivity index (χ0n) is 18.9. The topological polar surface area (TPSA) is 92.6 Å². The Kier molecular flexibility index (Phi) is 5.96. The monoisotopic (exact) mass is 443 g/mol. The molecule has 0 aliphatic carbocycles. The molecule has 0 saturated carbocycles. The van der Waals surface area contributed by atoms with Crippen LogP contribution in [0.2, 0.25) is 0 Å². The molecular weight excluding hydrogens is 418 g/mol. The van der Waals surface area contributed by atoms with E-state index in [1.165, 1.54) is 12.0 Å². The molecule has 0 radical (unpaired) electrons. The molecule has 4 rings (SSSR count). The van der Waals surface area contributed by atoms with Crippen molar-refractivity contribution in [1.82, 2.24) is 10.2 Å². The summed E-state index contributed by atoms with van der Waals surface area (Å²) in [7, 11) is 1.51. The van der Waals surface area contributed by atoms with Gasteiger partial charge in [0.2, 0.25) is 0 Å². The van der Waals surface area contributed by atoms with Crippen molar-refractivity contribution in [1.29, 1.82) is 0 Å². The van der Waals surface area contributed by atoms with Gasteiger partial charge in [0.05, 0.1) is 24.4 Å². The summed E-state index contributed by atoms with van der Waals surface area (Å²) < 4.78 is 5.24. The molecule has 0 saturated heterocycles. The van der Waals surface area contributed by atoms with Gasteiger partial charge in [-0.25, -0.2) is 0 Å². The number of hydrogen-bond acceptors (Lipinski definition) is 6. The second-order valence-corrected chi connectivity index (χ2v) is 8.26. The fourth-order valence-electron chi connectivity index (χ4n) is 3.89. The largest absolute Gasteiger partial charge is 0.503 e. The minimum absolute atomic E-state index is 0.00655. The quantitative estimate of drug-likeness (QED) is 0.555. The van der Waals surface area contributed by atoms with E-state index in [2.05, 4.69) is 24.0 Å². The van der Waals surface area contributed by atoms with Crippen molar-refractivity contribution >= 4 is 17.5 Å². The van der Waals surface area contributed by atoms with Crippen molar-refractivity contribution in [3.8, 4) is 5.75 Å². The zero-order chi connectivity index (χ0) is 23.7. The van der Waals surface area contributed by atoms with Crippen molar-refractivity contribution in [3.05, 3.63) is 94.4 Å². The fraction of sp³-hybridized carbons (Fsp3) is 0.231. The molecule has 1 atom stereocenters. The van der Waals surface area contributed by atoms with E-state index >= 15 is 0 Å². The first kappa shape index (κ1) is 22.2. The molecule has 1 N–H and O–H groups in total. The number of aliphatic hydroxyl groups is 1. The van der Waals surface area contributed by atoms with Crippen molar-refractivity contribution in [2.75, 3.05) is 12.0 Å². The number of methoxy groups -OCH3 is 1. The molecular formula is C26H25N3O4. The predicted octanol–water partition coefficient (Wildman–Crippen LogP) is 4.70. The Hall–Kier alpha value is -4.00. The maximum absolute atomic E-state index is 13.6. The van der Waals surface area contributed by atoms with E-state index in [1.807, 2.05) is 24.3 Å². The second kappa shape index (κ2) is 8.86. The molecule has 168 valence electrons. The second-order valence-electron chi connectivity index (χ2n) is 8.26. The molecule has 1 aliphatic heterocycles. The number of carbonyl (C=O) groups is 2. The highest BCUT2D eigenvalue weighted by Gasteiger charge is 2.45. The van der Waals surface area contributed by atoms with E-state index < -0.39 is 23.5 Å². The minimum Gasteiger partial charge on any atom is -0.503 e. The van der Waals surface area contributed by atoms with Gasteiger partial charge in [-0.15, -0.1) is 5.10 Å². The zero-order valence-corrected chi connectivity index (χ0v) is 18.9. The average Bonchev–Trinajstić information content (AvgIpc) is 3.09. The number of rotatable bonds is 6. The molecule has 7 nitrogen and oxygen atoms in total. The van der Waals surface area contributed by atoms with Crippen molar-refractivity contribution in [3.63, 3.8) is 0 Å². The Morgan fingerprint density at radius 3 is 2.39 bits per heavy atom. The van der Waals surface area contributed by atoms with Gasteiger partial charge in [0.1, 0.15) is 5.75 Å². The molecule has 2 heterocycles. The van der Waals surface area contributed by atoms with Gasteiger partial charge in [-0.05, 0) is 48.2 Å². The van der Waals surface area contributed by atoms with Crippen LogP contribution in [0.15, 0.2) is 72.0 Å². The standard InChI is InChI=1S/C26H25N3O4/c1-15(2)17-9-11-18(12-10-17)23-22(24(30)19-6-5-7-20(14-19)33-4)25(31)26(32)29(23)21-13-8-16(3)27-28-21/h5-15,23,31H,1-4H3. The predicted molar refractivity (Wildman–Crippen MR) is 125 cm³/mol. The third kappa shape index (κ3) is 4.09. The van der Waals surface area contributed by atoms with Crippen molar-refractivity contribution in [2.45, 2.75) is 32.7 Å². The number of aliphatic hydroxyl groups excluding tert-OH is 1. The highest BCUT2D eigenvalue weighted by atomic mass is 16.5. The summed E-state index contributed by atoms with van der Waals surface area (Å²) in [6.07, 6.45) is 0. The van der Waals surface area contributed by atoms with Crippen LogP contribution in [0.25, 0.3) is 0 Å². The van der Waals surface area contributed by atoms with E-state index in [-0.39, 0.29) is 11.4 Å². The molecule has 0 spiro atoms. The van der Waals surface area contributed by atoms with Gasteiger partial charge >= 0.3 is 0 Å². The van der Waals surface area contributed by atoms with Crippen molar-refractivity contribution < 1.29 is 19.4 Å². The van der Waals surface area contributed by atoms with Gasteiger partial charge in [-0.3, -0.25) is 14.5 Å². The summed E-state index contributed by atoms with van der Waals surface area (Å²) >= 11 is 0. The lowest BCUT2D eigenvalue weighted by atomic mass is 9.91. The van der Waals surface area contributed by atoms with Crippen LogP contribution in [0.1, 0.15) is 53.0 Å². The highest BCUT2D eigenvalue weighted by Crippen LogP contribution is 2.41. The number of anilines is 1. The molecule has 0 bridgehead atoms. The number of ketones is 1. The van der Waals surface area contributed by atoms with Crippen LogP contribution in [0.3, 0.4) is 0 Å². The van der Waals surface area contributed by atoms with Crippen LogP contribution >= 0.6 is 0 Å². The Balaban J connectivity index is 1.85. The molecule has 33 heavy (non-hydrogen) atoms. The SMILES string of the molecule is COc1cccc(C(=O)C2=C(O)C(=O)N(c3ccc(C)nn3)C2c2ccc(C(C)C)cc2)c1. The molecule has 0 fully saturated rings. The lowest BCUT2D eigenvalue weighted by molar-refractivity contribution is -0.117. The first-order chi connectivity index (χ1) is 15.8. The smallest absolute Gasteiger partial charge is 0.295 e. The molecule has 3 aromatic rings. The lowest BCUT2D eigenvalue weighted by Crippen LogP contribution is -2.32. The van der Waals surface area contributed by atoms with Crippen LogP contribution in [0, 0.1) is 6.92 Å². The first-order valence-corrected chi connectivity index (χ1v) is 10.7. The van der Waals surface area contributed by atoms with Gasteiger partial charge < -0.3 is 9.84 Å². The molecule has 1 aromatic heterocycles. The summed E-state index contributed by atoms with van der Waals surface area (Å²) in [4.78, 5) is 28.1. The summed E-state index contributed by atoms with van der Waals surface area (Å²) in [5.41, 5.74) is 2.80. The Morgan fingerprint density at radius 1 is 1.06 bits per heavy atom. The Morgan fingerprint density at radius 2 is 1.79 bits per heavy atom. The maximum Gasteiger partial charge on any atom is 0.295 e. The molecule has 2 aromatic carbocycles. The van der Waals surface area contributed by atoms with Crippen LogP contribution in [0.4, 0.5) is 5.82 Å². The number of aromatic nitrogens is 2. The highest BCUT2D eigenvalue weighted by molar-refractivity contribution is 6.20. The van der Waals surface area contributed by atoms with Gasteiger partial charge in [0, 0.05) is 5.56 Å². The van der Waals surface area contributed by atoms with Crippen LogP contribution in [-0.4, -0.2) is 34.1 Å².